The maximum Gasteiger partial charge on any atom is 0.409 e. The van der Waals surface area contributed by atoms with Crippen LogP contribution in [0.2, 0.25) is 0 Å². The number of aryl methyl sites for hydroxylation is 1. The van der Waals surface area contributed by atoms with E-state index >= 15 is 0 Å². The summed E-state index contributed by atoms with van der Waals surface area (Å²) in [6, 6.07) is 6.55. The number of ether oxygens (including phenoxy) is 1. The van der Waals surface area contributed by atoms with Crippen molar-refractivity contribution >= 4 is 29.5 Å². The van der Waals surface area contributed by atoms with Gasteiger partial charge in [0.15, 0.2) is 0 Å². The van der Waals surface area contributed by atoms with E-state index in [4.69, 9.17) is 4.74 Å². The highest BCUT2D eigenvalue weighted by Gasteiger charge is 2.35. The summed E-state index contributed by atoms with van der Waals surface area (Å²) in [7, 11) is 0. The van der Waals surface area contributed by atoms with Crippen LogP contribution in [0.1, 0.15) is 18.9 Å². The number of hydrogen-bond donors (Lipinski definition) is 2. The zero-order chi connectivity index (χ0) is 23.1. The molecule has 0 radical (unpaired) electrons. The van der Waals surface area contributed by atoms with E-state index in [0.717, 1.165) is 5.56 Å². The average Bonchev–Trinajstić information content (AvgIpc) is 2.75. The van der Waals surface area contributed by atoms with Crippen molar-refractivity contribution in [2.45, 2.75) is 26.3 Å². The molecule has 0 aromatic heterocycles. The van der Waals surface area contributed by atoms with Crippen molar-refractivity contribution in [3.05, 3.63) is 29.8 Å². The van der Waals surface area contributed by atoms with Crippen LogP contribution in [-0.4, -0.2) is 97.0 Å². The summed E-state index contributed by atoms with van der Waals surface area (Å²) in [5.41, 5.74) is 1.67. The smallest absolute Gasteiger partial charge is 0.409 e. The standard InChI is InChI=1S/C22H31N5O5/c1-3-32-22(31)26-11-9-25(10-12-26)15-20(29)27-8-7-23-21(30)18(27)14-19(28)24-17-6-4-5-16(2)13-17/h4-6,13,18H,3,7-12,14-15H2,1-2H3,(H,23,30)(H,24,28). The zero-order valence-corrected chi connectivity index (χ0v) is 18.6. The fraction of sp³-hybridized carbons (Fsp3) is 0.545. The normalized spacial score (nSPS) is 19.3. The van der Waals surface area contributed by atoms with Crippen molar-refractivity contribution in [1.82, 2.24) is 20.0 Å². The van der Waals surface area contributed by atoms with Gasteiger partial charge in [-0.05, 0) is 31.5 Å². The van der Waals surface area contributed by atoms with Crippen LogP contribution in [-0.2, 0) is 19.1 Å². The van der Waals surface area contributed by atoms with E-state index in [9.17, 15) is 19.2 Å². The van der Waals surface area contributed by atoms with Crippen LogP contribution < -0.4 is 10.6 Å². The summed E-state index contributed by atoms with van der Waals surface area (Å²) in [5, 5.41) is 5.55. The van der Waals surface area contributed by atoms with Gasteiger partial charge in [0.2, 0.25) is 17.7 Å². The molecule has 3 rings (SSSR count). The molecule has 1 aromatic carbocycles. The molecule has 0 bridgehead atoms. The Hall–Kier alpha value is -3.14. The van der Waals surface area contributed by atoms with Gasteiger partial charge in [0.25, 0.3) is 0 Å². The maximum absolute atomic E-state index is 13.0. The van der Waals surface area contributed by atoms with Crippen LogP contribution in [0.4, 0.5) is 10.5 Å². The van der Waals surface area contributed by atoms with Crippen molar-refractivity contribution in [3.8, 4) is 0 Å². The SMILES string of the molecule is CCOC(=O)N1CCN(CC(=O)N2CCNC(=O)C2CC(=O)Nc2cccc(C)c2)CC1. The molecule has 174 valence electrons. The number of rotatable bonds is 6. The molecule has 2 N–H and O–H groups in total. The van der Waals surface area contributed by atoms with E-state index in [-0.39, 0.29) is 36.8 Å². The van der Waals surface area contributed by atoms with Crippen LogP contribution >= 0.6 is 0 Å². The van der Waals surface area contributed by atoms with E-state index in [1.165, 1.54) is 4.90 Å². The van der Waals surface area contributed by atoms with E-state index < -0.39 is 6.04 Å². The first-order valence-electron chi connectivity index (χ1n) is 10.9. The van der Waals surface area contributed by atoms with E-state index in [0.29, 0.717) is 51.6 Å². The molecule has 1 aromatic rings. The molecule has 0 saturated carbocycles. The third-order valence-electron chi connectivity index (χ3n) is 5.59. The Labute approximate surface area is 187 Å². The van der Waals surface area contributed by atoms with Gasteiger partial charge in [0, 0.05) is 45.0 Å². The first-order chi connectivity index (χ1) is 15.4. The molecular formula is C22H31N5O5. The molecule has 10 heteroatoms. The molecule has 2 fully saturated rings. The quantitative estimate of drug-likeness (QED) is 0.657. The van der Waals surface area contributed by atoms with E-state index in [1.54, 1.807) is 17.9 Å². The number of piperazine rings is 2. The number of amides is 4. The molecule has 2 aliphatic heterocycles. The molecule has 1 unspecified atom stereocenters. The molecule has 10 nitrogen and oxygen atoms in total. The summed E-state index contributed by atoms with van der Waals surface area (Å²) < 4.78 is 5.02. The largest absolute Gasteiger partial charge is 0.450 e. The number of benzene rings is 1. The molecule has 2 saturated heterocycles. The number of nitrogens with one attached hydrogen (secondary N) is 2. The van der Waals surface area contributed by atoms with Crippen LogP contribution in [0.5, 0.6) is 0 Å². The Morgan fingerprint density at radius 2 is 1.91 bits per heavy atom. The fourth-order valence-corrected chi connectivity index (χ4v) is 3.91. The van der Waals surface area contributed by atoms with Crippen molar-refractivity contribution in [3.63, 3.8) is 0 Å². The summed E-state index contributed by atoms with van der Waals surface area (Å²) >= 11 is 0. The Morgan fingerprint density at radius 3 is 2.59 bits per heavy atom. The predicted octanol–water partition coefficient (Wildman–Crippen LogP) is 0.425. The third-order valence-corrected chi connectivity index (χ3v) is 5.59. The molecule has 32 heavy (non-hydrogen) atoms. The summed E-state index contributed by atoms with van der Waals surface area (Å²) in [6.07, 6.45) is -0.451. The molecule has 4 amide bonds. The minimum Gasteiger partial charge on any atom is -0.450 e. The Kier molecular flexibility index (Phi) is 8.04. The van der Waals surface area contributed by atoms with Crippen molar-refractivity contribution in [2.24, 2.45) is 0 Å². The Morgan fingerprint density at radius 1 is 1.16 bits per heavy atom. The lowest BCUT2D eigenvalue weighted by Crippen LogP contribution is -2.60. The maximum atomic E-state index is 13.0. The van der Waals surface area contributed by atoms with Gasteiger partial charge in [-0.25, -0.2) is 4.79 Å². The predicted molar refractivity (Wildman–Crippen MR) is 118 cm³/mol. The second kappa shape index (κ2) is 10.9. The number of carbonyl (C=O) groups excluding carboxylic acids is 4. The van der Waals surface area contributed by atoms with Crippen molar-refractivity contribution in [2.75, 3.05) is 57.7 Å². The summed E-state index contributed by atoms with van der Waals surface area (Å²) in [4.78, 5) is 54.9. The highest BCUT2D eigenvalue weighted by atomic mass is 16.6. The lowest BCUT2D eigenvalue weighted by molar-refractivity contribution is -0.145. The van der Waals surface area contributed by atoms with Crippen molar-refractivity contribution in [1.29, 1.82) is 0 Å². The van der Waals surface area contributed by atoms with Gasteiger partial charge in [-0.3, -0.25) is 19.3 Å². The molecule has 2 heterocycles. The Bertz CT molecular complexity index is 853. The number of carbonyl (C=O) groups is 4. The van der Waals surface area contributed by atoms with Crippen LogP contribution in [0.25, 0.3) is 0 Å². The summed E-state index contributed by atoms with van der Waals surface area (Å²) in [6.45, 7) is 6.92. The van der Waals surface area contributed by atoms with Gasteiger partial charge in [0.05, 0.1) is 19.6 Å². The van der Waals surface area contributed by atoms with Gasteiger partial charge in [-0.15, -0.1) is 0 Å². The van der Waals surface area contributed by atoms with Gasteiger partial charge < -0.3 is 25.2 Å². The molecule has 0 spiro atoms. The second-order valence-electron chi connectivity index (χ2n) is 7.98. The van der Waals surface area contributed by atoms with Gasteiger partial charge in [-0.2, -0.15) is 0 Å². The zero-order valence-electron chi connectivity index (χ0n) is 18.6. The lowest BCUT2D eigenvalue weighted by atomic mass is 10.1. The number of nitrogens with zero attached hydrogens (tertiary/aromatic N) is 3. The topological polar surface area (TPSA) is 111 Å². The molecular weight excluding hydrogens is 414 g/mol. The highest BCUT2D eigenvalue weighted by molar-refractivity contribution is 5.97. The molecule has 2 aliphatic rings. The van der Waals surface area contributed by atoms with E-state index in [2.05, 4.69) is 10.6 Å². The molecule has 0 aliphatic carbocycles. The first kappa shape index (κ1) is 23.5. The molecule has 1 atom stereocenters. The van der Waals surface area contributed by atoms with Crippen molar-refractivity contribution < 1.29 is 23.9 Å². The third kappa shape index (κ3) is 6.19. The van der Waals surface area contributed by atoms with Gasteiger partial charge in [-0.1, -0.05) is 12.1 Å². The summed E-state index contributed by atoms with van der Waals surface area (Å²) in [5.74, 6) is -0.840. The number of hydrogen-bond acceptors (Lipinski definition) is 6. The fourth-order valence-electron chi connectivity index (χ4n) is 3.91. The van der Waals surface area contributed by atoms with Gasteiger partial charge >= 0.3 is 6.09 Å². The monoisotopic (exact) mass is 445 g/mol. The Balaban J connectivity index is 1.55. The minimum absolute atomic E-state index is 0.109. The second-order valence-corrected chi connectivity index (χ2v) is 7.98. The first-order valence-corrected chi connectivity index (χ1v) is 10.9. The van der Waals surface area contributed by atoms with Gasteiger partial charge in [0.1, 0.15) is 6.04 Å². The van der Waals surface area contributed by atoms with Crippen LogP contribution in [0.15, 0.2) is 24.3 Å². The number of anilines is 1. The van der Waals surface area contributed by atoms with Crippen LogP contribution in [0.3, 0.4) is 0 Å². The van der Waals surface area contributed by atoms with E-state index in [1.807, 2.05) is 30.0 Å². The minimum atomic E-state index is -0.845. The lowest BCUT2D eigenvalue weighted by Gasteiger charge is -2.38. The average molecular weight is 446 g/mol. The van der Waals surface area contributed by atoms with Crippen LogP contribution in [0, 0.1) is 6.92 Å². The highest BCUT2D eigenvalue weighted by Crippen LogP contribution is 2.14.